The summed E-state index contributed by atoms with van der Waals surface area (Å²) in [6, 6.07) is 7.35. The molecule has 8 heteroatoms. The molecule has 1 aromatic heterocycles. The van der Waals surface area contributed by atoms with Crippen LogP contribution in [0.3, 0.4) is 0 Å². The molecule has 0 saturated heterocycles. The van der Waals surface area contributed by atoms with E-state index in [-0.39, 0.29) is 24.7 Å². The van der Waals surface area contributed by atoms with Crippen molar-refractivity contribution >= 4 is 29.1 Å². The quantitative estimate of drug-likeness (QED) is 0.749. The van der Waals surface area contributed by atoms with Crippen LogP contribution >= 0.6 is 23.2 Å². The predicted molar refractivity (Wildman–Crippen MR) is 108 cm³/mol. The molecular formula is C20H23Cl2N3O3. The van der Waals surface area contributed by atoms with E-state index in [1.807, 2.05) is 19.9 Å². The lowest BCUT2D eigenvalue weighted by atomic mass is 9.93. The Kier molecular flexibility index (Phi) is 6.97. The monoisotopic (exact) mass is 423 g/mol. The van der Waals surface area contributed by atoms with Crippen LogP contribution in [0.25, 0.3) is 0 Å². The molecule has 6 nitrogen and oxygen atoms in total. The summed E-state index contributed by atoms with van der Waals surface area (Å²) in [5, 5.41) is 3.90. The number of halogens is 2. The molecule has 0 radical (unpaired) electrons. The number of rotatable bonds is 6. The van der Waals surface area contributed by atoms with Crippen molar-refractivity contribution in [3.8, 4) is 11.8 Å². The highest BCUT2D eigenvalue weighted by atomic mass is 35.5. The van der Waals surface area contributed by atoms with Gasteiger partial charge in [0.05, 0.1) is 5.02 Å². The zero-order valence-electron chi connectivity index (χ0n) is 15.9. The number of nitrogens with one attached hydrogen (secondary N) is 1. The summed E-state index contributed by atoms with van der Waals surface area (Å²) in [4.78, 5) is 20.8. The summed E-state index contributed by atoms with van der Waals surface area (Å²) in [6.07, 6.45) is 3.42. The van der Waals surface area contributed by atoms with E-state index in [0.717, 1.165) is 37.1 Å². The number of aryl methyl sites for hydroxylation is 2. The number of hydrogen-bond acceptors (Lipinski definition) is 5. The minimum atomic E-state index is -0.173. The van der Waals surface area contributed by atoms with Crippen molar-refractivity contribution < 1.29 is 14.3 Å². The molecule has 1 fully saturated rings. The van der Waals surface area contributed by atoms with Crippen molar-refractivity contribution in [3.63, 3.8) is 0 Å². The Hall–Kier alpha value is -2.05. The Balaban J connectivity index is 1.41. The number of ether oxygens (including phenoxy) is 2. The fourth-order valence-electron chi connectivity index (χ4n) is 3.23. The molecule has 1 aromatic carbocycles. The summed E-state index contributed by atoms with van der Waals surface area (Å²) in [7, 11) is 0. The summed E-state index contributed by atoms with van der Waals surface area (Å²) < 4.78 is 11.4. The van der Waals surface area contributed by atoms with Crippen molar-refractivity contribution in [2.24, 2.45) is 0 Å². The predicted octanol–water partition coefficient (Wildman–Crippen LogP) is 4.29. The van der Waals surface area contributed by atoms with E-state index >= 15 is 0 Å². The Morgan fingerprint density at radius 1 is 1.11 bits per heavy atom. The lowest BCUT2D eigenvalue weighted by molar-refractivity contribution is -0.124. The summed E-state index contributed by atoms with van der Waals surface area (Å²) >= 11 is 11.9. The Morgan fingerprint density at radius 3 is 2.43 bits per heavy atom. The van der Waals surface area contributed by atoms with Gasteiger partial charge >= 0.3 is 6.01 Å². The first kappa shape index (κ1) is 20.7. The van der Waals surface area contributed by atoms with Crippen LogP contribution in [-0.4, -0.2) is 34.6 Å². The molecule has 3 rings (SSSR count). The van der Waals surface area contributed by atoms with Crippen LogP contribution in [0, 0.1) is 13.8 Å². The minimum Gasteiger partial charge on any atom is -0.482 e. The molecule has 0 atom stereocenters. The third-order valence-corrected chi connectivity index (χ3v) is 5.06. The van der Waals surface area contributed by atoms with E-state index in [4.69, 9.17) is 32.7 Å². The van der Waals surface area contributed by atoms with Gasteiger partial charge in [-0.1, -0.05) is 23.2 Å². The van der Waals surface area contributed by atoms with E-state index in [0.29, 0.717) is 21.8 Å². The Bertz CT molecular complexity index is 819. The van der Waals surface area contributed by atoms with Gasteiger partial charge < -0.3 is 14.8 Å². The van der Waals surface area contributed by atoms with Gasteiger partial charge in [-0.05, 0) is 63.8 Å². The highest BCUT2D eigenvalue weighted by Crippen LogP contribution is 2.27. The molecule has 28 heavy (non-hydrogen) atoms. The van der Waals surface area contributed by atoms with Crippen LogP contribution in [0.15, 0.2) is 24.3 Å². The largest absolute Gasteiger partial charge is 0.482 e. The van der Waals surface area contributed by atoms with Gasteiger partial charge in [0.25, 0.3) is 5.91 Å². The minimum absolute atomic E-state index is 0.0680. The number of amides is 1. The molecule has 1 aliphatic carbocycles. The lowest BCUT2D eigenvalue weighted by Crippen LogP contribution is -2.41. The van der Waals surface area contributed by atoms with E-state index in [9.17, 15) is 4.79 Å². The van der Waals surface area contributed by atoms with Gasteiger partial charge in [-0.15, -0.1) is 0 Å². The van der Waals surface area contributed by atoms with Gasteiger partial charge in [0.15, 0.2) is 6.61 Å². The number of benzene rings is 1. The third-order valence-electron chi connectivity index (χ3n) is 4.53. The fraction of sp³-hybridized carbons (Fsp3) is 0.450. The first-order valence-electron chi connectivity index (χ1n) is 9.25. The van der Waals surface area contributed by atoms with Gasteiger partial charge in [-0.3, -0.25) is 4.79 Å². The molecule has 1 N–H and O–H groups in total. The van der Waals surface area contributed by atoms with E-state index < -0.39 is 0 Å². The maximum atomic E-state index is 12.2. The summed E-state index contributed by atoms with van der Waals surface area (Å²) in [6.45, 7) is 3.76. The van der Waals surface area contributed by atoms with Gasteiger partial charge in [0, 0.05) is 22.5 Å². The van der Waals surface area contributed by atoms with Crippen LogP contribution in [0.1, 0.15) is 37.1 Å². The Morgan fingerprint density at radius 2 is 1.79 bits per heavy atom. The maximum absolute atomic E-state index is 12.2. The van der Waals surface area contributed by atoms with Crippen molar-refractivity contribution in [2.75, 3.05) is 6.61 Å². The average molecular weight is 424 g/mol. The van der Waals surface area contributed by atoms with Crippen LogP contribution in [0.4, 0.5) is 0 Å². The Labute approximate surface area is 174 Å². The smallest absolute Gasteiger partial charge is 0.317 e. The highest BCUT2D eigenvalue weighted by molar-refractivity contribution is 6.35. The average Bonchev–Trinajstić information content (AvgIpc) is 2.62. The topological polar surface area (TPSA) is 73.3 Å². The summed E-state index contributed by atoms with van der Waals surface area (Å²) in [5.74, 6) is 0.264. The molecule has 150 valence electrons. The molecule has 2 aromatic rings. The SMILES string of the molecule is Cc1cc(C)nc(OC2CCC(NC(=O)COc3ccc(Cl)cc3Cl)CC2)n1. The molecule has 1 saturated carbocycles. The molecule has 1 heterocycles. The van der Waals surface area contributed by atoms with Crippen LogP contribution in [0.5, 0.6) is 11.8 Å². The van der Waals surface area contributed by atoms with Gasteiger partial charge in [0.1, 0.15) is 11.9 Å². The number of hydrogen-bond donors (Lipinski definition) is 1. The van der Waals surface area contributed by atoms with Crippen LogP contribution in [-0.2, 0) is 4.79 Å². The van der Waals surface area contributed by atoms with Crippen molar-refractivity contribution in [1.82, 2.24) is 15.3 Å². The van der Waals surface area contributed by atoms with Crippen molar-refractivity contribution in [2.45, 2.75) is 51.7 Å². The summed E-state index contributed by atoms with van der Waals surface area (Å²) in [5.41, 5.74) is 1.79. The maximum Gasteiger partial charge on any atom is 0.317 e. The second-order valence-corrected chi connectivity index (χ2v) is 7.80. The second kappa shape index (κ2) is 9.43. The second-order valence-electron chi connectivity index (χ2n) is 6.96. The first-order chi connectivity index (χ1) is 13.4. The number of nitrogens with zero attached hydrogens (tertiary/aromatic N) is 2. The molecule has 1 amide bonds. The van der Waals surface area contributed by atoms with Crippen LogP contribution < -0.4 is 14.8 Å². The van der Waals surface area contributed by atoms with E-state index in [1.165, 1.54) is 0 Å². The normalized spacial score (nSPS) is 19.1. The van der Waals surface area contributed by atoms with Gasteiger partial charge in [0.2, 0.25) is 0 Å². The first-order valence-corrected chi connectivity index (χ1v) is 10.0. The lowest BCUT2D eigenvalue weighted by Gasteiger charge is -2.29. The van der Waals surface area contributed by atoms with Crippen molar-refractivity contribution in [3.05, 3.63) is 45.7 Å². The molecule has 0 bridgehead atoms. The van der Waals surface area contributed by atoms with Gasteiger partial charge in [-0.25, -0.2) is 9.97 Å². The standard InChI is InChI=1S/C20H23Cl2N3O3/c1-12-9-13(2)24-20(23-12)28-16-6-4-15(5-7-16)25-19(26)11-27-18-8-3-14(21)10-17(18)22/h3,8-10,15-16H,4-7,11H2,1-2H3,(H,25,26). The number of carbonyl (C=O) groups excluding carboxylic acids is 1. The number of aromatic nitrogens is 2. The van der Waals surface area contributed by atoms with Crippen LogP contribution in [0.2, 0.25) is 10.0 Å². The van der Waals surface area contributed by atoms with E-state index in [1.54, 1.807) is 18.2 Å². The molecule has 0 unspecified atom stereocenters. The van der Waals surface area contributed by atoms with Gasteiger partial charge in [-0.2, -0.15) is 0 Å². The molecule has 1 aliphatic rings. The zero-order chi connectivity index (χ0) is 20.1. The molecular weight excluding hydrogens is 401 g/mol. The number of carbonyl (C=O) groups is 1. The highest BCUT2D eigenvalue weighted by Gasteiger charge is 2.24. The van der Waals surface area contributed by atoms with Crippen molar-refractivity contribution in [1.29, 1.82) is 0 Å². The molecule has 0 aliphatic heterocycles. The zero-order valence-corrected chi connectivity index (χ0v) is 17.4. The fourth-order valence-corrected chi connectivity index (χ4v) is 3.69. The third kappa shape index (κ3) is 5.97. The van der Waals surface area contributed by atoms with E-state index in [2.05, 4.69) is 15.3 Å². The molecule has 0 spiro atoms.